The third kappa shape index (κ3) is 8.02. The van der Waals surface area contributed by atoms with Crippen LogP contribution in [0.1, 0.15) is 63.0 Å². The summed E-state index contributed by atoms with van der Waals surface area (Å²) in [4.78, 5) is 13.2. The van der Waals surface area contributed by atoms with Crippen molar-refractivity contribution in [3.05, 3.63) is 41.6 Å². The molecule has 6 heteroatoms. The molecule has 0 saturated heterocycles. The summed E-state index contributed by atoms with van der Waals surface area (Å²) < 4.78 is 15.1. The predicted octanol–water partition coefficient (Wildman–Crippen LogP) is 5.28. The Hall–Kier alpha value is -1.39. The Morgan fingerprint density at radius 1 is 1.07 bits per heavy atom. The molecule has 2 N–H and O–H groups in total. The number of nitrogens with one attached hydrogen (secondary N) is 1. The Kier molecular flexibility index (Phi) is 10.5. The molecule has 1 aromatic carbocycles. The van der Waals surface area contributed by atoms with Gasteiger partial charge < -0.3 is 5.32 Å². The van der Waals surface area contributed by atoms with Crippen LogP contribution in [-0.4, -0.2) is 23.0 Å². The molecular formula is C21H32N2O3P+. The number of nitrogens with zero attached hydrogens (tertiary/aromatic N) is 1. The molecule has 0 radical (unpaired) electrons. The lowest BCUT2D eigenvalue weighted by molar-refractivity contribution is 0.276. The molecule has 0 bridgehead atoms. The maximum absolute atomic E-state index is 10.5. The normalized spacial score (nSPS) is 11.9. The summed E-state index contributed by atoms with van der Waals surface area (Å²) >= 11 is 0. The van der Waals surface area contributed by atoms with Crippen LogP contribution in [0.5, 0.6) is 0 Å². The average Bonchev–Trinajstić information content (AvgIpc) is 2.68. The van der Waals surface area contributed by atoms with E-state index >= 15 is 0 Å². The van der Waals surface area contributed by atoms with Gasteiger partial charge in [0.1, 0.15) is 6.61 Å². The van der Waals surface area contributed by atoms with Crippen LogP contribution in [0.15, 0.2) is 30.5 Å². The van der Waals surface area contributed by atoms with Gasteiger partial charge in [0.05, 0.1) is 5.52 Å². The molecule has 1 atom stereocenters. The van der Waals surface area contributed by atoms with Crippen molar-refractivity contribution in [2.75, 3.05) is 13.2 Å². The maximum atomic E-state index is 10.5. The Morgan fingerprint density at radius 2 is 1.85 bits per heavy atom. The summed E-state index contributed by atoms with van der Waals surface area (Å²) in [5.41, 5.74) is 3.65. The van der Waals surface area contributed by atoms with Gasteiger partial charge in [-0.3, -0.25) is 4.98 Å². The molecule has 5 nitrogen and oxygen atoms in total. The fourth-order valence-electron chi connectivity index (χ4n) is 3.31. The number of benzene rings is 1. The second-order valence-corrected chi connectivity index (χ2v) is 7.64. The number of pyridine rings is 1. The van der Waals surface area contributed by atoms with E-state index in [2.05, 4.69) is 39.9 Å². The fourth-order valence-corrected chi connectivity index (χ4v) is 3.59. The quantitative estimate of drug-likeness (QED) is 0.338. The molecule has 27 heavy (non-hydrogen) atoms. The molecule has 1 unspecified atom stereocenters. The van der Waals surface area contributed by atoms with Crippen molar-refractivity contribution in [2.24, 2.45) is 0 Å². The van der Waals surface area contributed by atoms with E-state index in [0.717, 1.165) is 25.0 Å². The lowest BCUT2D eigenvalue weighted by atomic mass is 9.98. The fraction of sp³-hybridized carbons (Fsp3) is 0.571. The number of aryl methyl sites for hydroxylation is 1. The smallest absolute Gasteiger partial charge is 0.313 e. The first-order valence-electron chi connectivity index (χ1n) is 10.1. The molecule has 148 valence electrons. The summed E-state index contributed by atoms with van der Waals surface area (Å²) in [7, 11) is -2.49. The average molecular weight is 391 g/mol. The van der Waals surface area contributed by atoms with Crippen LogP contribution in [0.2, 0.25) is 0 Å². The van der Waals surface area contributed by atoms with E-state index in [4.69, 9.17) is 4.89 Å². The van der Waals surface area contributed by atoms with Crippen LogP contribution in [-0.2, 0) is 22.1 Å². The minimum Gasteiger partial charge on any atom is -0.313 e. The summed E-state index contributed by atoms with van der Waals surface area (Å²) in [6.45, 7) is 4.00. The van der Waals surface area contributed by atoms with E-state index in [1.54, 1.807) is 0 Å². The van der Waals surface area contributed by atoms with E-state index in [9.17, 15) is 4.57 Å². The minimum atomic E-state index is -2.49. The number of fused-ring (bicyclic) bond motifs is 1. The number of hydrogen-bond acceptors (Lipinski definition) is 4. The SMILES string of the molecule is CCCCCCCCc1ccc(CNCCCO[P+](=O)O)c2ncccc12. The van der Waals surface area contributed by atoms with E-state index in [-0.39, 0.29) is 6.61 Å². The molecule has 0 fully saturated rings. The zero-order chi connectivity index (χ0) is 19.3. The van der Waals surface area contributed by atoms with Gasteiger partial charge in [-0.15, -0.1) is 9.42 Å². The first-order chi connectivity index (χ1) is 13.2. The molecule has 1 heterocycles. The molecule has 2 rings (SSSR count). The molecule has 0 aliphatic heterocycles. The maximum Gasteiger partial charge on any atom is 0.694 e. The van der Waals surface area contributed by atoms with Gasteiger partial charge in [0.15, 0.2) is 0 Å². The molecule has 0 spiro atoms. The molecule has 0 amide bonds. The predicted molar refractivity (Wildman–Crippen MR) is 111 cm³/mol. The molecule has 2 aromatic rings. The van der Waals surface area contributed by atoms with Crippen LogP contribution in [0.4, 0.5) is 0 Å². The molecule has 0 aliphatic rings. The highest BCUT2D eigenvalue weighted by Crippen LogP contribution is 2.23. The van der Waals surface area contributed by atoms with Gasteiger partial charge in [-0.25, -0.2) is 0 Å². The first kappa shape index (κ1) is 21.9. The van der Waals surface area contributed by atoms with Crippen LogP contribution in [0.25, 0.3) is 10.9 Å². The highest BCUT2D eigenvalue weighted by molar-refractivity contribution is 7.32. The lowest BCUT2D eigenvalue weighted by Gasteiger charge is -2.11. The van der Waals surface area contributed by atoms with Crippen molar-refractivity contribution < 1.29 is 14.0 Å². The number of rotatable bonds is 14. The monoisotopic (exact) mass is 391 g/mol. The Bertz CT molecular complexity index is 709. The van der Waals surface area contributed by atoms with Gasteiger partial charge in [0.25, 0.3) is 0 Å². The standard InChI is InChI=1S/C21H31N2O3P/c1-2-3-4-5-6-7-10-18-12-13-19(21-20(18)11-8-15-23-21)17-22-14-9-16-26-27(24)25/h8,11-13,15,22H,2-7,9-10,14,16-17H2,1H3/p+1. The van der Waals surface area contributed by atoms with E-state index < -0.39 is 8.25 Å². The molecule has 1 aromatic heterocycles. The lowest BCUT2D eigenvalue weighted by Crippen LogP contribution is -2.16. The van der Waals surface area contributed by atoms with Crippen molar-refractivity contribution in [1.82, 2.24) is 10.3 Å². The number of hydrogen-bond donors (Lipinski definition) is 2. The zero-order valence-corrected chi connectivity index (χ0v) is 17.2. The Labute approximate surface area is 163 Å². The van der Waals surface area contributed by atoms with Crippen LogP contribution >= 0.6 is 8.25 Å². The second kappa shape index (κ2) is 12.9. The highest BCUT2D eigenvalue weighted by Gasteiger charge is 2.10. The first-order valence-corrected chi connectivity index (χ1v) is 11.2. The van der Waals surface area contributed by atoms with E-state index in [1.165, 1.54) is 55.0 Å². The minimum absolute atomic E-state index is 0.287. The van der Waals surface area contributed by atoms with E-state index in [0.29, 0.717) is 6.42 Å². The second-order valence-electron chi connectivity index (χ2n) is 6.90. The number of aromatic nitrogens is 1. The van der Waals surface area contributed by atoms with Crippen molar-refractivity contribution in [3.63, 3.8) is 0 Å². The van der Waals surface area contributed by atoms with Gasteiger partial charge in [-0.1, -0.05) is 57.2 Å². The Balaban J connectivity index is 1.87. The molecule has 0 saturated carbocycles. The Morgan fingerprint density at radius 3 is 2.67 bits per heavy atom. The summed E-state index contributed by atoms with van der Waals surface area (Å²) in [5, 5.41) is 4.62. The summed E-state index contributed by atoms with van der Waals surface area (Å²) in [5.74, 6) is 0. The van der Waals surface area contributed by atoms with Gasteiger partial charge in [-0.05, 0) is 43.0 Å². The van der Waals surface area contributed by atoms with Gasteiger partial charge in [0.2, 0.25) is 0 Å². The van der Waals surface area contributed by atoms with Crippen molar-refractivity contribution in [1.29, 1.82) is 0 Å². The summed E-state index contributed by atoms with van der Waals surface area (Å²) in [6.07, 6.45) is 11.5. The molecule has 0 aliphatic carbocycles. The third-order valence-electron chi connectivity index (χ3n) is 4.76. The van der Waals surface area contributed by atoms with Crippen molar-refractivity contribution in [2.45, 2.75) is 64.8 Å². The molecular weight excluding hydrogens is 359 g/mol. The number of unbranched alkanes of at least 4 members (excludes halogenated alkanes) is 5. The van der Waals surface area contributed by atoms with Gasteiger partial charge >= 0.3 is 8.25 Å². The largest absolute Gasteiger partial charge is 0.694 e. The third-order valence-corrected chi connectivity index (χ3v) is 5.16. The van der Waals surface area contributed by atoms with Crippen molar-refractivity contribution in [3.8, 4) is 0 Å². The van der Waals surface area contributed by atoms with Crippen LogP contribution in [0, 0.1) is 0 Å². The highest BCUT2D eigenvalue weighted by atomic mass is 31.1. The topological polar surface area (TPSA) is 71.5 Å². The van der Waals surface area contributed by atoms with Crippen LogP contribution < -0.4 is 5.32 Å². The van der Waals surface area contributed by atoms with Gasteiger partial charge in [0, 0.05) is 22.7 Å². The summed E-state index contributed by atoms with van der Waals surface area (Å²) in [6, 6.07) is 8.60. The van der Waals surface area contributed by atoms with Crippen molar-refractivity contribution >= 4 is 19.2 Å². The van der Waals surface area contributed by atoms with Crippen LogP contribution in [0.3, 0.4) is 0 Å². The zero-order valence-electron chi connectivity index (χ0n) is 16.3. The van der Waals surface area contributed by atoms with Gasteiger partial charge in [-0.2, -0.15) is 0 Å². The van der Waals surface area contributed by atoms with E-state index in [1.807, 2.05) is 12.3 Å².